The second-order valence-electron chi connectivity index (χ2n) is 10.4. The largest absolute Gasteiger partial charge is 0.381 e. The van der Waals surface area contributed by atoms with Gasteiger partial charge in [0.2, 0.25) is 0 Å². The fourth-order valence-corrected chi connectivity index (χ4v) is 5.41. The summed E-state index contributed by atoms with van der Waals surface area (Å²) in [5, 5.41) is 6.88. The smallest absolute Gasteiger partial charge is 0.251 e. The quantitative estimate of drug-likeness (QED) is 0.479. The van der Waals surface area contributed by atoms with Gasteiger partial charge in [-0.1, -0.05) is 39.0 Å². The number of nitrogens with zero attached hydrogens (tertiary/aromatic N) is 2. The average Bonchev–Trinajstić information content (AvgIpc) is 2.88. The van der Waals surface area contributed by atoms with Crippen molar-refractivity contribution in [3.63, 3.8) is 0 Å². The van der Waals surface area contributed by atoms with Crippen LogP contribution >= 0.6 is 0 Å². The zero-order valence-electron chi connectivity index (χ0n) is 22.3. The van der Waals surface area contributed by atoms with E-state index in [4.69, 9.17) is 0 Å². The van der Waals surface area contributed by atoms with E-state index in [1.807, 2.05) is 24.5 Å². The molecule has 1 aromatic carbocycles. The van der Waals surface area contributed by atoms with Gasteiger partial charge in [-0.05, 0) is 91.3 Å². The summed E-state index contributed by atoms with van der Waals surface area (Å²) in [5.41, 5.74) is 7.93. The Labute approximate surface area is 216 Å². The summed E-state index contributed by atoms with van der Waals surface area (Å²) in [6.07, 6.45) is 12.3. The lowest BCUT2D eigenvalue weighted by Gasteiger charge is -2.36. The van der Waals surface area contributed by atoms with Gasteiger partial charge in [-0.2, -0.15) is 0 Å². The number of hydrogen-bond donors (Lipinski definition) is 2. The Morgan fingerprint density at radius 2 is 2.00 bits per heavy atom. The van der Waals surface area contributed by atoms with Crippen molar-refractivity contribution in [2.45, 2.75) is 46.6 Å². The fraction of sp³-hybridized carbons (Fsp3) is 0.419. The van der Waals surface area contributed by atoms with Crippen LogP contribution in [0, 0.1) is 11.8 Å². The van der Waals surface area contributed by atoms with Crippen LogP contribution in [0.2, 0.25) is 0 Å². The van der Waals surface area contributed by atoms with Gasteiger partial charge in [0.05, 0.1) is 0 Å². The minimum Gasteiger partial charge on any atom is -0.381 e. The zero-order valence-corrected chi connectivity index (χ0v) is 22.3. The van der Waals surface area contributed by atoms with Crippen molar-refractivity contribution in [2.24, 2.45) is 11.8 Å². The Kier molecular flexibility index (Phi) is 8.42. The van der Waals surface area contributed by atoms with Crippen LogP contribution in [0.4, 0.5) is 5.69 Å². The van der Waals surface area contributed by atoms with Crippen molar-refractivity contribution in [3.8, 4) is 0 Å². The van der Waals surface area contributed by atoms with E-state index in [1.54, 1.807) is 0 Å². The van der Waals surface area contributed by atoms with Crippen molar-refractivity contribution in [2.75, 3.05) is 32.0 Å². The van der Waals surface area contributed by atoms with E-state index in [0.29, 0.717) is 17.4 Å². The molecule has 3 heterocycles. The maximum absolute atomic E-state index is 13.5. The molecule has 5 nitrogen and oxygen atoms in total. The molecule has 0 spiro atoms. The molecule has 1 fully saturated rings. The topological polar surface area (TPSA) is 57.3 Å². The maximum Gasteiger partial charge on any atom is 0.251 e. The molecule has 2 N–H and O–H groups in total. The molecule has 190 valence electrons. The minimum atomic E-state index is -0.00528. The summed E-state index contributed by atoms with van der Waals surface area (Å²) in [4.78, 5) is 20.0. The first kappa shape index (κ1) is 25.9. The van der Waals surface area contributed by atoms with Crippen molar-refractivity contribution >= 4 is 17.2 Å². The molecule has 0 radical (unpaired) electrons. The van der Waals surface area contributed by atoms with Crippen molar-refractivity contribution in [3.05, 3.63) is 88.8 Å². The van der Waals surface area contributed by atoms with Crippen LogP contribution in [0.15, 0.2) is 72.1 Å². The van der Waals surface area contributed by atoms with Gasteiger partial charge in [0.15, 0.2) is 0 Å². The molecule has 2 aliphatic rings. The molecule has 1 saturated heterocycles. The Hall–Kier alpha value is -3.18. The number of carbonyl (C=O) groups excluding carboxylic acids is 1. The number of pyridine rings is 1. The molecule has 2 unspecified atom stereocenters. The van der Waals surface area contributed by atoms with Crippen molar-refractivity contribution in [1.29, 1.82) is 0 Å². The number of nitrogens with one attached hydrogen (secondary N) is 2. The molecule has 4 rings (SSSR count). The molecule has 2 atom stereocenters. The van der Waals surface area contributed by atoms with Gasteiger partial charge in [-0.25, -0.2) is 0 Å². The Balaban J connectivity index is 1.55. The van der Waals surface area contributed by atoms with Crippen LogP contribution < -0.4 is 10.6 Å². The number of hydrogen-bond acceptors (Lipinski definition) is 4. The molecule has 5 heteroatoms. The predicted octanol–water partition coefficient (Wildman–Crippen LogP) is 5.93. The van der Waals surface area contributed by atoms with Crippen LogP contribution in [0.1, 0.15) is 62.0 Å². The summed E-state index contributed by atoms with van der Waals surface area (Å²) in [5.74, 6) is 0.930. The fourth-order valence-electron chi connectivity index (χ4n) is 5.41. The lowest BCUT2D eigenvalue weighted by atomic mass is 9.86. The predicted molar refractivity (Wildman–Crippen MR) is 150 cm³/mol. The number of likely N-dealkylation sites (N-methyl/N-ethyl adjacent to an activating group) is 1. The molecular formula is C31H40N4O. The summed E-state index contributed by atoms with van der Waals surface area (Å²) >= 11 is 0. The Morgan fingerprint density at radius 3 is 2.69 bits per heavy atom. The van der Waals surface area contributed by atoms with Gasteiger partial charge >= 0.3 is 0 Å². The van der Waals surface area contributed by atoms with Crippen LogP contribution in [-0.2, 0) is 0 Å². The van der Waals surface area contributed by atoms with Crippen LogP contribution in [0.3, 0.4) is 0 Å². The monoisotopic (exact) mass is 484 g/mol. The normalized spacial score (nSPS) is 21.0. The molecular weight excluding hydrogens is 444 g/mol. The molecule has 1 amide bonds. The van der Waals surface area contributed by atoms with E-state index in [0.717, 1.165) is 49.3 Å². The van der Waals surface area contributed by atoms with E-state index in [-0.39, 0.29) is 11.9 Å². The SMILES string of the molecule is CC=C(C=CC(C)C)C1CC(NC(=O)c2ccc3c(c2)C(c2ccncc2)=C(CC)CN3)CN(C)C1. The van der Waals surface area contributed by atoms with Crippen LogP contribution in [0.25, 0.3) is 5.57 Å². The third-order valence-corrected chi connectivity index (χ3v) is 7.24. The number of amides is 1. The number of anilines is 1. The summed E-state index contributed by atoms with van der Waals surface area (Å²) < 4.78 is 0. The minimum absolute atomic E-state index is 0.00528. The van der Waals surface area contributed by atoms with E-state index in [2.05, 4.69) is 91.7 Å². The van der Waals surface area contributed by atoms with Crippen LogP contribution in [-0.4, -0.2) is 48.5 Å². The summed E-state index contributed by atoms with van der Waals surface area (Å²) in [6.45, 7) is 11.4. The Morgan fingerprint density at radius 1 is 1.22 bits per heavy atom. The number of piperidine rings is 1. The summed E-state index contributed by atoms with van der Waals surface area (Å²) in [6, 6.07) is 10.3. The van der Waals surface area contributed by atoms with E-state index in [9.17, 15) is 4.79 Å². The number of fused-ring (bicyclic) bond motifs is 1. The first-order chi connectivity index (χ1) is 17.4. The second kappa shape index (κ2) is 11.7. The highest BCUT2D eigenvalue weighted by molar-refractivity contribution is 5.98. The summed E-state index contributed by atoms with van der Waals surface area (Å²) in [7, 11) is 2.15. The zero-order chi connectivity index (χ0) is 25.7. The van der Waals surface area contributed by atoms with Gasteiger partial charge in [0.1, 0.15) is 0 Å². The van der Waals surface area contributed by atoms with E-state index in [1.165, 1.54) is 16.7 Å². The second-order valence-corrected chi connectivity index (χ2v) is 10.4. The van der Waals surface area contributed by atoms with Crippen molar-refractivity contribution < 1.29 is 4.79 Å². The molecule has 0 aliphatic carbocycles. The van der Waals surface area contributed by atoms with Gasteiger partial charge < -0.3 is 15.5 Å². The van der Waals surface area contributed by atoms with Gasteiger partial charge in [-0.15, -0.1) is 0 Å². The van der Waals surface area contributed by atoms with Gasteiger partial charge in [0, 0.05) is 54.9 Å². The maximum atomic E-state index is 13.5. The first-order valence-electron chi connectivity index (χ1n) is 13.2. The number of likely N-dealkylation sites (tertiary alicyclic amines) is 1. The van der Waals surface area contributed by atoms with Crippen molar-refractivity contribution in [1.82, 2.24) is 15.2 Å². The van der Waals surface area contributed by atoms with E-state index >= 15 is 0 Å². The Bertz CT molecular complexity index is 1160. The van der Waals surface area contributed by atoms with Gasteiger partial charge in [-0.3, -0.25) is 9.78 Å². The van der Waals surface area contributed by atoms with Crippen LogP contribution in [0.5, 0.6) is 0 Å². The van der Waals surface area contributed by atoms with Gasteiger partial charge in [0.25, 0.3) is 5.91 Å². The number of benzene rings is 1. The molecule has 2 aromatic rings. The number of allylic oxidation sites excluding steroid dienone is 3. The first-order valence-corrected chi connectivity index (χ1v) is 13.2. The number of aromatic nitrogens is 1. The lowest BCUT2D eigenvalue weighted by molar-refractivity contribution is 0.0899. The number of rotatable bonds is 7. The van der Waals surface area contributed by atoms with E-state index < -0.39 is 0 Å². The third-order valence-electron chi connectivity index (χ3n) is 7.24. The highest BCUT2D eigenvalue weighted by Gasteiger charge is 2.28. The standard InChI is InChI=1S/C31H40N4O/c1-6-22(9-8-21(3)4)26-16-27(20-35(5)19-26)34-31(36)25-10-11-29-28(17-25)30(23(7-2)18-33-29)24-12-14-32-15-13-24/h6,8-15,17,21,26-27,33H,7,16,18-20H2,1-5H3,(H,34,36). The lowest BCUT2D eigenvalue weighted by Crippen LogP contribution is -2.49. The highest BCUT2D eigenvalue weighted by Crippen LogP contribution is 2.37. The molecule has 1 aromatic heterocycles. The highest BCUT2D eigenvalue weighted by atomic mass is 16.1. The molecule has 0 bridgehead atoms. The molecule has 0 saturated carbocycles. The molecule has 2 aliphatic heterocycles. The average molecular weight is 485 g/mol. The molecule has 36 heavy (non-hydrogen) atoms. The number of carbonyl (C=O) groups is 1. The third kappa shape index (κ3) is 5.96.